The van der Waals surface area contributed by atoms with Crippen LogP contribution >= 0.6 is 0 Å². The van der Waals surface area contributed by atoms with Crippen molar-refractivity contribution in [2.24, 2.45) is 0 Å². The molecule has 0 radical (unpaired) electrons. The summed E-state index contributed by atoms with van der Waals surface area (Å²) in [6.07, 6.45) is 0. The number of hydrogen-bond acceptors (Lipinski definition) is 2. The van der Waals surface area contributed by atoms with E-state index < -0.39 is 0 Å². The van der Waals surface area contributed by atoms with Crippen LogP contribution in [0.15, 0.2) is 84.9 Å². The highest BCUT2D eigenvalue weighted by Crippen LogP contribution is 2.46. The molecule has 0 amide bonds. The number of hydrogen-bond donors (Lipinski definition) is 0. The molecule has 0 spiro atoms. The molecular formula is C23H23NO. The van der Waals surface area contributed by atoms with Crippen molar-refractivity contribution < 1.29 is 4.74 Å². The summed E-state index contributed by atoms with van der Waals surface area (Å²) >= 11 is 0. The first-order valence-corrected chi connectivity index (χ1v) is 8.82. The highest BCUT2D eigenvalue weighted by atomic mass is 16.5. The minimum absolute atomic E-state index is 0.411. The fourth-order valence-corrected chi connectivity index (χ4v) is 3.80. The normalized spacial score (nSPS) is 20.0. The Kier molecular flexibility index (Phi) is 4.53. The van der Waals surface area contributed by atoms with Gasteiger partial charge in [0.1, 0.15) is 5.75 Å². The van der Waals surface area contributed by atoms with Gasteiger partial charge in [0.2, 0.25) is 0 Å². The van der Waals surface area contributed by atoms with Crippen molar-refractivity contribution in [3.8, 4) is 5.75 Å². The minimum Gasteiger partial charge on any atom is -0.497 e. The topological polar surface area (TPSA) is 12.5 Å². The predicted molar refractivity (Wildman–Crippen MR) is 102 cm³/mol. The molecule has 0 aliphatic carbocycles. The molecule has 4 rings (SSSR count). The van der Waals surface area contributed by atoms with E-state index in [1.807, 2.05) is 0 Å². The van der Waals surface area contributed by atoms with E-state index in [2.05, 4.69) is 89.8 Å². The van der Waals surface area contributed by atoms with Gasteiger partial charge in [-0.05, 0) is 28.8 Å². The smallest absolute Gasteiger partial charge is 0.118 e. The molecule has 0 unspecified atom stereocenters. The number of nitrogens with zero attached hydrogens (tertiary/aromatic N) is 1. The molecule has 3 aromatic rings. The van der Waals surface area contributed by atoms with Crippen LogP contribution in [0.2, 0.25) is 0 Å². The molecular weight excluding hydrogens is 306 g/mol. The van der Waals surface area contributed by atoms with E-state index in [0.717, 1.165) is 18.8 Å². The van der Waals surface area contributed by atoms with Crippen molar-refractivity contribution in [3.05, 3.63) is 102 Å². The van der Waals surface area contributed by atoms with Crippen LogP contribution in [0.25, 0.3) is 0 Å². The third-order valence-corrected chi connectivity index (χ3v) is 5.12. The lowest BCUT2D eigenvalue weighted by Crippen LogP contribution is -2.47. The Labute approximate surface area is 149 Å². The summed E-state index contributed by atoms with van der Waals surface area (Å²) in [6.45, 7) is 2.08. The first-order chi connectivity index (χ1) is 12.3. The summed E-state index contributed by atoms with van der Waals surface area (Å²) in [5.41, 5.74) is 4.15. The van der Waals surface area contributed by atoms with Crippen molar-refractivity contribution in [3.63, 3.8) is 0 Å². The van der Waals surface area contributed by atoms with Crippen LogP contribution in [0, 0.1) is 0 Å². The third-order valence-electron chi connectivity index (χ3n) is 5.12. The zero-order valence-corrected chi connectivity index (χ0v) is 14.5. The van der Waals surface area contributed by atoms with Gasteiger partial charge >= 0.3 is 0 Å². The van der Waals surface area contributed by atoms with Crippen LogP contribution in [0.3, 0.4) is 0 Å². The summed E-state index contributed by atoms with van der Waals surface area (Å²) in [5, 5.41) is 0. The second kappa shape index (κ2) is 7.12. The Hall–Kier alpha value is -2.58. The molecule has 0 aromatic heterocycles. The Morgan fingerprint density at radius 1 is 0.800 bits per heavy atom. The van der Waals surface area contributed by atoms with Gasteiger partial charge in [-0.3, -0.25) is 4.90 Å². The van der Waals surface area contributed by atoms with Crippen molar-refractivity contribution in [1.29, 1.82) is 0 Å². The lowest BCUT2D eigenvalue weighted by molar-refractivity contribution is 0.0501. The molecule has 2 atom stereocenters. The minimum atomic E-state index is 0.411. The Morgan fingerprint density at radius 3 is 2.08 bits per heavy atom. The monoisotopic (exact) mass is 329 g/mol. The van der Waals surface area contributed by atoms with Crippen molar-refractivity contribution in [1.82, 2.24) is 4.90 Å². The summed E-state index contributed by atoms with van der Waals surface area (Å²) in [6, 6.07) is 30.6. The first kappa shape index (κ1) is 15.9. The number of benzene rings is 3. The average molecular weight is 329 g/mol. The zero-order chi connectivity index (χ0) is 17.1. The van der Waals surface area contributed by atoms with E-state index in [0.29, 0.717) is 12.0 Å². The summed E-state index contributed by atoms with van der Waals surface area (Å²) < 4.78 is 5.32. The second-order valence-corrected chi connectivity index (χ2v) is 6.65. The largest absolute Gasteiger partial charge is 0.497 e. The van der Waals surface area contributed by atoms with Crippen LogP contribution in [-0.4, -0.2) is 18.6 Å². The van der Waals surface area contributed by atoms with Crippen LogP contribution in [-0.2, 0) is 6.54 Å². The number of ether oxygens (including phenoxy) is 1. The Balaban J connectivity index is 1.61. The van der Waals surface area contributed by atoms with Gasteiger partial charge in [0.25, 0.3) is 0 Å². The van der Waals surface area contributed by atoms with Gasteiger partial charge in [-0.15, -0.1) is 0 Å². The summed E-state index contributed by atoms with van der Waals surface area (Å²) in [7, 11) is 1.72. The molecule has 1 heterocycles. The van der Waals surface area contributed by atoms with Gasteiger partial charge in [0.05, 0.1) is 7.11 Å². The molecule has 1 aliphatic rings. The fraction of sp³-hybridized carbons (Fsp3) is 0.217. The Bertz CT molecular complexity index is 799. The second-order valence-electron chi connectivity index (χ2n) is 6.65. The molecule has 1 saturated heterocycles. The van der Waals surface area contributed by atoms with E-state index in [-0.39, 0.29) is 0 Å². The standard InChI is InChI=1S/C23H23NO/c1-25-21-14-12-20(13-15-21)23-22(19-10-6-3-7-11-19)17-24(23)16-18-8-4-2-5-9-18/h2-15,22-23H,16-17H2,1H3/t22-,23-/m1/s1. The Morgan fingerprint density at radius 2 is 1.44 bits per heavy atom. The lowest BCUT2D eigenvalue weighted by atomic mass is 9.78. The van der Waals surface area contributed by atoms with E-state index >= 15 is 0 Å². The summed E-state index contributed by atoms with van der Waals surface area (Å²) in [5.74, 6) is 1.45. The van der Waals surface area contributed by atoms with E-state index in [9.17, 15) is 0 Å². The first-order valence-electron chi connectivity index (χ1n) is 8.82. The molecule has 3 aromatic carbocycles. The molecule has 1 aliphatic heterocycles. The highest BCUT2D eigenvalue weighted by molar-refractivity contribution is 5.36. The van der Waals surface area contributed by atoms with Gasteiger partial charge in [-0.25, -0.2) is 0 Å². The predicted octanol–water partition coefficient (Wildman–Crippen LogP) is 5.04. The highest BCUT2D eigenvalue weighted by Gasteiger charge is 2.40. The van der Waals surface area contributed by atoms with Gasteiger partial charge < -0.3 is 4.74 Å². The molecule has 0 bridgehead atoms. The van der Waals surface area contributed by atoms with Crippen molar-refractivity contribution in [2.75, 3.05) is 13.7 Å². The third kappa shape index (κ3) is 3.31. The SMILES string of the molecule is COc1ccc([C@@H]2[C@@H](c3ccccc3)CN2Cc2ccccc2)cc1. The van der Waals surface area contributed by atoms with Crippen molar-refractivity contribution >= 4 is 0 Å². The van der Waals surface area contributed by atoms with Gasteiger partial charge in [0.15, 0.2) is 0 Å². The number of likely N-dealkylation sites (tertiary alicyclic amines) is 1. The van der Waals surface area contributed by atoms with E-state index in [4.69, 9.17) is 4.74 Å². The van der Waals surface area contributed by atoms with Crippen LogP contribution in [0.4, 0.5) is 0 Å². The molecule has 126 valence electrons. The van der Waals surface area contributed by atoms with Gasteiger partial charge in [-0.2, -0.15) is 0 Å². The maximum absolute atomic E-state index is 5.32. The van der Waals surface area contributed by atoms with E-state index in [1.54, 1.807) is 7.11 Å². The van der Waals surface area contributed by atoms with Gasteiger partial charge in [0, 0.05) is 25.0 Å². The maximum Gasteiger partial charge on any atom is 0.118 e. The lowest BCUT2D eigenvalue weighted by Gasteiger charge is -2.49. The molecule has 0 saturated carbocycles. The quantitative estimate of drug-likeness (QED) is 0.650. The summed E-state index contributed by atoms with van der Waals surface area (Å²) in [4.78, 5) is 2.56. The van der Waals surface area contributed by atoms with Crippen LogP contribution < -0.4 is 4.74 Å². The average Bonchev–Trinajstić information content (AvgIpc) is 2.67. The molecule has 25 heavy (non-hydrogen) atoms. The zero-order valence-electron chi connectivity index (χ0n) is 14.5. The van der Waals surface area contributed by atoms with Crippen LogP contribution in [0.1, 0.15) is 28.7 Å². The number of methoxy groups -OCH3 is 1. The molecule has 2 heteroatoms. The van der Waals surface area contributed by atoms with E-state index in [1.165, 1.54) is 16.7 Å². The maximum atomic E-state index is 5.32. The molecule has 2 nitrogen and oxygen atoms in total. The van der Waals surface area contributed by atoms with Crippen molar-refractivity contribution in [2.45, 2.75) is 18.5 Å². The molecule has 0 N–H and O–H groups in total. The fourth-order valence-electron chi connectivity index (χ4n) is 3.80. The molecule has 1 fully saturated rings. The number of rotatable bonds is 5. The van der Waals surface area contributed by atoms with Gasteiger partial charge in [-0.1, -0.05) is 72.8 Å². The van der Waals surface area contributed by atoms with Crippen LogP contribution in [0.5, 0.6) is 5.75 Å².